The molecule has 0 aliphatic carbocycles. The molecule has 1 aromatic heterocycles. The Balaban J connectivity index is 2.95. The summed E-state index contributed by atoms with van der Waals surface area (Å²) in [4.78, 5) is 8.00. The minimum Gasteiger partial charge on any atom is -0.368 e. The van der Waals surface area contributed by atoms with Gasteiger partial charge in [-0.2, -0.15) is 0 Å². The third-order valence-electron chi connectivity index (χ3n) is 1.68. The van der Waals surface area contributed by atoms with E-state index in [1.807, 2.05) is 0 Å². The lowest BCUT2D eigenvalue weighted by Crippen LogP contribution is -2.07. The molecule has 1 heterocycles. The largest absolute Gasteiger partial charge is 0.368 e. The molecule has 1 aromatic rings. The molecule has 0 aliphatic rings. The Hall–Kier alpha value is -1.16. The molecule has 4 heteroatoms. The zero-order valence-electron chi connectivity index (χ0n) is 7.25. The van der Waals surface area contributed by atoms with E-state index < -0.39 is 0 Å². The third kappa shape index (κ3) is 1.92. The molecule has 0 saturated carbocycles. The van der Waals surface area contributed by atoms with E-state index in [4.69, 9.17) is 11.5 Å². The molecule has 0 fully saturated rings. The van der Waals surface area contributed by atoms with Crippen LogP contribution in [0.4, 0.5) is 5.95 Å². The van der Waals surface area contributed by atoms with Crippen LogP contribution in [0.1, 0.15) is 24.6 Å². The van der Waals surface area contributed by atoms with E-state index in [0.29, 0.717) is 12.5 Å². The number of aromatic nitrogens is 2. The molecule has 0 aliphatic heterocycles. The van der Waals surface area contributed by atoms with Crippen LogP contribution in [0.25, 0.3) is 0 Å². The summed E-state index contributed by atoms with van der Waals surface area (Å²) in [5.41, 5.74) is 12.9. The predicted octanol–water partition coefficient (Wildman–Crippen LogP) is 0.470. The van der Waals surface area contributed by atoms with E-state index >= 15 is 0 Å². The number of aryl methyl sites for hydroxylation is 1. The molecule has 0 bridgehead atoms. The lowest BCUT2D eigenvalue weighted by atomic mass is 10.1. The Kier molecular flexibility index (Phi) is 2.99. The number of rotatable bonds is 3. The van der Waals surface area contributed by atoms with Gasteiger partial charge in [0.1, 0.15) is 0 Å². The van der Waals surface area contributed by atoms with Crippen molar-refractivity contribution in [2.75, 3.05) is 5.73 Å². The van der Waals surface area contributed by atoms with Crippen LogP contribution in [0, 0.1) is 0 Å². The zero-order chi connectivity index (χ0) is 8.97. The van der Waals surface area contributed by atoms with Crippen LogP contribution in [-0.2, 0) is 13.0 Å². The summed E-state index contributed by atoms with van der Waals surface area (Å²) >= 11 is 0. The number of anilines is 1. The van der Waals surface area contributed by atoms with E-state index in [2.05, 4.69) is 16.9 Å². The fourth-order valence-corrected chi connectivity index (χ4v) is 1.08. The third-order valence-corrected chi connectivity index (χ3v) is 1.68. The summed E-state index contributed by atoms with van der Waals surface area (Å²) in [6.07, 6.45) is 3.66. The molecule has 4 nitrogen and oxygen atoms in total. The van der Waals surface area contributed by atoms with Gasteiger partial charge in [0.15, 0.2) is 0 Å². The first-order chi connectivity index (χ1) is 5.77. The zero-order valence-corrected chi connectivity index (χ0v) is 7.25. The fourth-order valence-electron chi connectivity index (χ4n) is 1.08. The van der Waals surface area contributed by atoms with Crippen LogP contribution in [-0.4, -0.2) is 9.97 Å². The summed E-state index contributed by atoms with van der Waals surface area (Å²) in [5.74, 6) is 0.329. The summed E-state index contributed by atoms with van der Waals surface area (Å²) < 4.78 is 0. The van der Waals surface area contributed by atoms with E-state index in [1.54, 1.807) is 6.20 Å². The molecular formula is C8H14N4. The maximum atomic E-state index is 5.51. The molecule has 0 unspecified atom stereocenters. The number of nitrogens with two attached hydrogens (primary N) is 2. The van der Waals surface area contributed by atoms with Crippen molar-refractivity contribution in [3.8, 4) is 0 Å². The van der Waals surface area contributed by atoms with Crippen LogP contribution in [0.2, 0.25) is 0 Å². The van der Waals surface area contributed by atoms with Crippen molar-refractivity contribution < 1.29 is 0 Å². The topological polar surface area (TPSA) is 77.8 Å². The summed E-state index contributed by atoms with van der Waals surface area (Å²) in [6, 6.07) is 0. The van der Waals surface area contributed by atoms with Crippen molar-refractivity contribution in [1.29, 1.82) is 0 Å². The number of nitrogens with zero attached hydrogens (tertiary/aromatic N) is 2. The molecule has 66 valence electrons. The Bertz CT molecular complexity index is 259. The highest BCUT2D eigenvalue weighted by molar-refractivity contribution is 5.25. The van der Waals surface area contributed by atoms with E-state index in [0.717, 1.165) is 24.1 Å². The Morgan fingerprint density at radius 2 is 2.25 bits per heavy atom. The van der Waals surface area contributed by atoms with Gasteiger partial charge in [-0.15, -0.1) is 0 Å². The van der Waals surface area contributed by atoms with Crippen LogP contribution >= 0.6 is 0 Å². The van der Waals surface area contributed by atoms with Gasteiger partial charge in [0.05, 0.1) is 5.69 Å². The van der Waals surface area contributed by atoms with Gasteiger partial charge >= 0.3 is 0 Å². The Labute approximate surface area is 72.0 Å². The molecule has 0 saturated heterocycles. The number of nitrogen functional groups attached to an aromatic ring is 1. The van der Waals surface area contributed by atoms with Crippen molar-refractivity contribution in [1.82, 2.24) is 9.97 Å². The van der Waals surface area contributed by atoms with Gasteiger partial charge in [0.25, 0.3) is 0 Å². The average Bonchev–Trinajstić information content (AvgIpc) is 2.05. The second-order valence-corrected chi connectivity index (χ2v) is 2.65. The highest BCUT2D eigenvalue weighted by Gasteiger charge is 2.02. The van der Waals surface area contributed by atoms with Gasteiger partial charge < -0.3 is 11.5 Å². The van der Waals surface area contributed by atoms with Crippen molar-refractivity contribution >= 4 is 5.95 Å². The highest BCUT2D eigenvalue weighted by Crippen LogP contribution is 2.07. The summed E-state index contributed by atoms with van der Waals surface area (Å²) in [5, 5.41) is 0. The first-order valence-corrected chi connectivity index (χ1v) is 4.08. The molecule has 1 rings (SSSR count). The maximum Gasteiger partial charge on any atom is 0.220 e. The molecule has 0 amide bonds. The molecule has 12 heavy (non-hydrogen) atoms. The van der Waals surface area contributed by atoms with Crippen molar-refractivity contribution in [2.45, 2.75) is 26.3 Å². The van der Waals surface area contributed by atoms with Gasteiger partial charge in [-0.3, -0.25) is 0 Å². The first kappa shape index (κ1) is 8.93. The minimum absolute atomic E-state index is 0.329. The second kappa shape index (κ2) is 4.01. The lowest BCUT2D eigenvalue weighted by Gasteiger charge is -2.04. The normalized spacial score (nSPS) is 10.2. The molecule has 0 spiro atoms. The lowest BCUT2D eigenvalue weighted by molar-refractivity contribution is 0.842. The summed E-state index contributed by atoms with van der Waals surface area (Å²) in [7, 11) is 0. The van der Waals surface area contributed by atoms with E-state index in [-0.39, 0.29) is 0 Å². The van der Waals surface area contributed by atoms with Gasteiger partial charge in [0.2, 0.25) is 5.95 Å². The quantitative estimate of drug-likeness (QED) is 0.684. The smallest absolute Gasteiger partial charge is 0.220 e. The molecule has 0 aromatic carbocycles. The van der Waals surface area contributed by atoms with Crippen LogP contribution < -0.4 is 11.5 Å². The number of hydrogen-bond acceptors (Lipinski definition) is 4. The molecular weight excluding hydrogens is 152 g/mol. The van der Waals surface area contributed by atoms with Gasteiger partial charge in [0, 0.05) is 18.3 Å². The van der Waals surface area contributed by atoms with Crippen molar-refractivity contribution in [3.63, 3.8) is 0 Å². The second-order valence-electron chi connectivity index (χ2n) is 2.65. The minimum atomic E-state index is 0.329. The molecule has 0 radical (unpaired) electrons. The van der Waals surface area contributed by atoms with Gasteiger partial charge in [-0.05, 0) is 6.42 Å². The Morgan fingerprint density at radius 1 is 1.50 bits per heavy atom. The van der Waals surface area contributed by atoms with Crippen LogP contribution in [0.5, 0.6) is 0 Å². The van der Waals surface area contributed by atoms with Crippen LogP contribution in [0.3, 0.4) is 0 Å². The standard InChI is InChI=1S/C8H14N4/c1-2-3-7-6(4-9)5-11-8(10)12-7/h5H,2-4,9H2,1H3,(H2,10,11,12). The van der Waals surface area contributed by atoms with Crippen molar-refractivity contribution in [2.24, 2.45) is 5.73 Å². The highest BCUT2D eigenvalue weighted by atomic mass is 15.0. The number of hydrogen-bond donors (Lipinski definition) is 2. The first-order valence-electron chi connectivity index (χ1n) is 4.08. The van der Waals surface area contributed by atoms with Gasteiger partial charge in [-0.1, -0.05) is 13.3 Å². The summed E-state index contributed by atoms with van der Waals surface area (Å²) in [6.45, 7) is 2.58. The van der Waals surface area contributed by atoms with Gasteiger partial charge in [-0.25, -0.2) is 9.97 Å². The van der Waals surface area contributed by atoms with Crippen LogP contribution in [0.15, 0.2) is 6.20 Å². The fraction of sp³-hybridized carbons (Fsp3) is 0.500. The molecule has 4 N–H and O–H groups in total. The molecule has 0 atom stereocenters. The SMILES string of the molecule is CCCc1nc(N)ncc1CN. The van der Waals surface area contributed by atoms with Crippen molar-refractivity contribution in [3.05, 3.63) is 17.5 Å². The maximum absolute atomic E-state index is 5.51. The average molecular weight is 166 g/mol. The Morgan fingerprint density at radius 3 is 2.83 bits per heavy atom. The monoisotopic (exact) mass is 166 g/mol. The van der Waals surface area contributed by atoms with E-state index in [9.17, 15) is 0 Å². The predicted molar refractivity (Wildman–Crippen MR) is 48.3 cm³/mol. The van der Waals surface area contributed by atoms with E-state index in [1.165, 1.54) is 0 Å².